The lowest BCUT2D eigenvalue weighted by molar-refractivity contribution is 0.381. The Bertz CT molecular complexity index is 127. The average Bonchev–Trinajstić information content (AvgIpc) is 2.47. The van der Waals surface area contributed by atoms with Gasteiger partial charge in [-0.2, -0.15) is 0 Å². The number of likely N-dealkylation sites (tertiary alicyclic amines) is 1. The van der Waals surface area contributed by atoms with Crippen molar-refractivity contribution in [3.63, 3.8) is 0 Å². The summed E-state index contributed by atoms with van der Waals surface area (Å²) in [7, 11) is 2.19. The Morgan fingerprint density at radius 2 is 2.42 bits per heavy atom. The van der Waals surface area contributed by atoms with Crippen molar-refractivity contribution in [3.8, 4) is 0 Å². The summed E-state index contributed by atoms with van der Waals surface area (Å²) in [5, 5.41) is 3.44. The van der Waals surface area contributed by atoms with Gasteiger partial charge in [-0.1, -0.05) is 0 Å². The first kappa shape index (κ1) is 9.96. The largest absolute Gasteiger partial charge is 0.329 e. The van der Waals surface area contributed by atoms with Gasteiger partial charge in [0.25, 0.3) is 0 Å². The molecule has 3 nitrogen and oxygen atoms in total. The molecule has 2 unspecified atom stereocenters. The third-order valence-corrected chi connectivity index (χ3v) is 2.60. The van der Waals surface area contributed by atoms with Crippen LogP contribution in [0.4, 0.5) is 0 Å². The first-order valence-corrected chi connectivity index (χ1v) is 4.84. The maximum Gasteiger partial charge on any atom is 0.0162 e. The summed E-state index contributed by atoms with van der Waals surface area (Å²) in [5.41, 5.74) is 5.51. The molecule has 0 aromatic carbocycles. The summed E-state index contributed by atoms with van der Waals surface area (Å²) in [4.78, 5) is 2.39. The molecule has 0 radical (unpaired) electrons. The average molecular weight is 171 g/mol. The number of nitrogens with one attached hydrogen (secondary N) is 1. The van der Waals surface area contributed by atoms with E-state index in [0.29, 0.717) is 6.04 Å². The van der Waals surface area contributed by atoms with Crippen LogP contribution in [0.5, 0.6) is 0 Å². The van der Waals surface area contributed by atoms with Crippen LogP contribution in [0.2, 0.25) is 0 Å². The third kappa shape index (κ3) is 3.09. The maximum atomic E-state index is 5.51. The van der Waals surface area contributed by atoms with E-state index in [1.54, 1.807) is 0 Å². The highest BCUT2D eigenvalue weighted by Gasteiger charge is 2.18. The maximum absolute atomic E-state index is 5.51. The standard InChI is InChI=1S/C9H21N3/c1-8(5-10)11-6-9-3-4-12(2)7-9/h8-9,11H,3-7,10H2,1-2H3. The van der Waals surface area contributed by atoms with E-state index < -0.39 is 0 Å². The molecule has 1 aliphatic heterocycles. The van der Waals surface area contributed by atoms with Crippen LogP contribution in [-0.2, 0) is 0 Å². The number of hydrogen-bond donors (Lipinski definition) is 2. The molecule has 0 aliphatic carbocycles. The van der Waals surface area contributed by atoms with Gasteiger partial charge in [0.05, 0.1) is 0 Å². The molecule has 1 heterocycles. The Morgan fingerprint density at radius 3 is 2.92 bits per heavy atom. The SMILES string of the molecule is CC(CN)NCC1CCN(C)C1. The minimum absolute atomic E-state index is 0.468. The molecular formula is C9H21N3. The Hall–Kier alpha value is -0.120. The van der Waals surface area contributed by atoms with Crippen molar-refractivity contribution < 1.29 is 0 Å². The second-order valence-corrected chi connectivity index (χ2v) is 3.96. The summed E-state index contributed by atoms with van der Waals surface area (Å²) < 4.78 is 0. The molecule has 0 amide bonds. The minimum atomic E-state index is 0.468. The van der Waals surface area contributed by atoms with Gasteiger partial charge in [0.2, 0.25) is 0 Å². The lowest BCUT2D eigenvalue weighted by atomic mass is 10.1. The summed E-state index contributed by atoms with van der Waals surface area (Å²) >= 11 is 0. The third-order valence-electron chi connectivity index (χ3n) is 2.60. The summed E-state index contributed by atoms with van der Waals surface area (Å²) in [6.45, 7) is 6.50. The molecule has 0 aromatic heterocycles. The number of nitrogens with zero attached hydrogens (tertiary/aromatic N) is 1. The zero-order valence-electron chi connectivity index (χ0n) is 8.21. The van der Waals surface area contributed by atoms with Gasteiger partial charge in [0.1, 0.15) is 0 Å². The van der Waals surface area contributed by atoms with Gasteiger partial charge in [0, 0.05) is 19.1 Å². The lowest BCUT2D eigenvalue weighted by Gasteiger charge is -2.15. The van der Waals surface area contributed by atoms with Crippen molar-refractivity contribution in [2.75, 3.05) is 33.2 Å². The van der Waals surface area contributed by atoms with Crippen molar-refractivity contribution in [1.29, 1.82) is 0 Å². The van der Waals surface area contributed by atoms with Crippen molar-refractivity contribution in [1.82, 2.24) is 10.2 Å². The number of rotatable bonds is 4. The van der Waals surface area contributed by atoms with E-state index in [2.05, 4.69) is 24.2 Å². The van der Waals surface area contributed by atoms with Crippen LogP contribution in [0.3, 0.4) is 0 Å². The van der Waals surface area contributed by atoms with Crippen molar-refractivity contribution >= 4 is 0 Å². The monoisotopic (exact) mass is 171 g/mol. The molecule has 0 saturated carbocycles. The topological polar surface area (TPSA) is 41.3 Å². The second-order valence-electron chi connectivity index (χ2n) is 3.96. The molecule has 2 atom stereocenters. The zero-order valence-corrected chi connectivity index (χ0v) is 8.21. The van der Waals surface area contributed by atoms with E-state index in [9.17, 15) is 0 Å². The molecule has 1 aliphatic rings. The van der Waals surface area contributed by atoms with Crippen LogP contribution in [0.25, 0.3) is 0 Å². The highest BCUT2D eigenvalue weighted by atomic mass is 15.1. The van der Waals surface area contributed by atoms with Gasteiger partial charge in [-0.05, 0) is 39.4 Å². The quantitative estimate of drug-likeness (QED) is 0.619. The zero-order chi connectivity index (χ0) is 8.97. The van der Waals surface area contributed by atoms with Crippen LogP contribution in [-0.4, -0.2) is 44.2 Å². The Morgan fingerprint density at radius 1 is 1.67 bits per heavy atom. The van der Waals surface area contributed by atoms with Crippen LogP contribution in [0.1, 0.15) is 13.3 Å². The van der Waals surface area contributed by atoms with Gasteiger partial charge in [-0.25, -0.2) is 0 Å². The smallest absolute Gasteiger partial charge is 0.0162 e. The van der Waals surface area contributed by atoms with Gasteiger partial charge in [-0.3, -0.25) is 0 Å². The fourth-order valence-electron chi connectivity index (χ4n) is 1.64. The van der Waals surface area contributed by atoms with Crippen LogP contribution in [0.15, 0.2) is 0 Å². The molecule has 1 saturated heterocycles. The highest BCUT2D eigenvalue weighted by molar-refractivity contribution is 4.76. The fraction of sp³-hybridized carbons (Fsp3) is 1.00. The summed E-state index contributed by atoms with van der Waals surface area (Å²) in [5.74, 6) is 0.837. The molecule has 0 bridgehead atoms. The molecule has 1 fully saturated rings. The molecule has 0 aromatic rings. The fourth-order valence-corrected chi connectivity index (χ4v) is 1.64. The molecule has 12 heavy (non-hydrogen) atoms. The van der Waals surface area contributed by atoms with Crippen LogP contribution in [0, 0.1) is 5.92 Å². The normalized spacial score (nSPS) is 27.8. The second kappa shape index (κ2) is 4.80. The van der Waals surface area contributed by atoms with Gasteiger partial charge in [-0.15, -0.1) is 0 Å². The number of hydrogen-bond acceptors (Lipinski definition) is 3. The molecule has 0 spiro atoms. The summed E-state index contributed by atoms with van der Waals surface area (Å²) in [6, 6.07) is 0.468. The van der Waals surface area contributed by atoms with E-state index in [4.69, 9.17) is 5.73 Å². The Labute approximate surface area is 75.3 Å². The summed E-state index contributed by atoms with van der Waals surface area (Å²) in [6.07, 6.45) is 1.33. The first-order valence-electron chi connectivity index (χ1n) is 4.84. The van der Waals surface area contributed by atoms with Crippen molar-refractivity contribution in [3.05, 3.63) is 0 Å². The highest BCUT2D eigenvalue weighted by Crippen LogP contribution is 2.12. The van der Waals surface area contributed by atoms with Crippen molar-refractivity contribution in [2.24, 2.45) is 11.7 Å². The van der Waals surface area contributed by atoms with Gasteiger partial charge in [0.15, 0.2) is 0 Å². The Kier molecular flexibility index (Phi) is 3.98. The first-order chi connectivity index (χ1) is 5.72. The van der Waals surface area contributed by atoms with E-state index >= 15 is 0 Å². The van der Waals surface area contributed by atoms with E-state index in [-0.39, 0.29) is 0 Å². The van der Waals surface area contributed by atoms with E-state index in [0.717, 1.165) is 19.0 Å². The molecule has 1 rings (SSSR count). The van der Waals surface area contributed by atoms with Crippen LogP contribution < -0.4 is 11.1 Å². The van der Waals surface area contributed by atoms with E-state index in [1.807, 2.05) is 0 Å². The number of nitrogens with two attached hydrogens (primary N) is 1. The minimum Gasteiger partial charge on any atom is -0.329 e. The van der Waals surface area contributed by atoms with Gasteiger partial charge >= 0.3 is 0 Å². The van der Waals surface area contributed by atoms with E-state index in [1.165, 1.54) is 19.5 Å². The van der Waals surface area contributed by atoms with Gasteiger partial charge < -0.3 is 16.0 Å². The predicted molar refractivity (Wildman–Crippen MR) is 52.1 cm³/mol. The molecule has 3 heteroatoms. The lowest BCUT2D eigenvalue weighted by Crippen LogP contribution is -2.37. The van der Waals surface area contributed by atoms with Crippen molar-refractivity contribution in [2.45, 2.75) is 19.4 Å². The predicted octanol–water partition coefficient (Wildman–Crippen LogP) is -0.125. The molecule has 72 valence electrons. The Balaban J connectivity index is 2.07. The molecule has 3 N–H and O–H groups in total. The molecular weight excluding hydrogens is 150 g/mol. The van der Waals surface area contributed by atoms with Crippen LogP contribution >= 0.6 is 0 Å².